The second kappa shape index (κ2) is 4.52. The first-order valence-corrected chi connectivity index (χ1v) is 6.56. The zero-order chi connectivity index (χ0) is 12.7. The molecule has 2 N–H and O–H groups in total. The molecule has 0 saturated carbocycles. The van der Waals surface area contributed by atoms with Crippen molar-refractivity contribution < 1.29 is 9.50 Å². The van der Waals surface area contributed by atoms with Crippen LogP contribution in [0.15, 0.2) is 18.2 Å². The highest BCUT2D eigenvalue weighted by molar-refractivity contribution is 5.58. The van der Waals surface area contributed by atoms with Crippen molar-refractivity contribution in [3.8, 4) is 0 Å². The molecule has 1 aromatic carbocycles. The van der Waals surface area contributed by atoms with Gasteiger partial charge in [0.25, 0.3) is 0 Å². The number of aliphatic hydroxyl groups excluding tert-OH is 1. The van der Waals surface area contributed by atoms with Gasteiger partial charge >= 0.3 is 0 Å². The van der Waals surface area contributed by atoms with Gasteiger partial charge in [-0.15, -0.1) is 0 Å². The summed E-state index contributed by atoms with van der Waals surface area (Å²) in [4.78, 5) is 2.19. The van der Waals surface area contributed by atoms with Gasteiger partial charge in [-0.2, -0.15) is 0 Å². The van der Waals surface area contributed by atoms with Gasteiger partial charge in [-0.1, -0.05) is 6.07 Å². The quantitative estimate of drug-likeness (QED) is 0.789. The third-order valence-electron chi connectivity index (χ3n) is 4.47. The van der Waals surface area contributed by atoms with Crippen molar-refractivity contribution >= 4 is 5.69 Å². The SMILES string of the molecule is CN1c2cc(F)ccc2C(CO)C2CNCCC21. The summed E-state index contributed by atoms with van der Waals surface area (Å²) >= 11 is 0. The summed E-state index contributed by atoms with van der Waals surface area (Å²) in [7, 11) is 2.04. The van der Waals surface area contributed by atoms with Crippen LogP contribution in [-0.2, 0) is 0 Å². The number of hydrogen-bond acceptors (Lipinski definition) is 3. The van der Waals surface area contributed by atoms with Crippen LogP contribution in [-0.4, -0.2) is 37.9 Å². The monoisotopic (exact) mass is 250 g/mol. The first-order chi connectivity index (χ1) is 8.72. The minimum absolute atomic E-state index is 0.120. The minimum atomic E-state index is -0.204. The topological polar surface area (TPSA) is 35.5 Å². The Morgan fingerprint density at radius 3 is 3.11 bits per heavy atom. The second-order valence-corrected chi connectivity index (χ2v) is 5.33. The Bertz CT molecular complexity index is 451. The number of anilines is 1. The van der Waals surface area contributed by atoms with E-state index in [1.807, 2.05) is 13.1 Å². The highest BCUT2D eigenvalue weighted by atomic mass is 19.1. The highest BCUT2D eigenvalue weighted by Gasteiger charge is 2.40. The summed E-state index contributed by atoms with van der Waals surface area (Å²) in [6.45, 7) is 2.06. The molecule has 0 spiro atoms. The fraction of sp³-hybridized carbons (Fsp3) is 0.571. The predicted molar refractivity (Wildman–Crippen MR) is 69.4 cm³/mol. The van der Waals surface area contributed by atoms with E-state index in [1.54, 1.807) is 6.07 Å². The average Bonchev–Trinajstić information content (AvgIpc) is 2.40. The Kier molecular flexibility index (Phi) is 2.99. The van der Waals surface area contributed by atoms with E-state index in [0.29, 0.717) is 12.0 Å². The lowest BCUT2D eigenvalue weighted by Gasteiger charge is -2.48. The third-order valence-corrected chi connectivity index (χ3v) is 4.47. The number of nitrogens with zero attached hydrogens (tertiary/aromatic N) is 1. The molecule has 3 nitrogen and oxygen atoms in total. The molecule has 4 heteroatoms. The number of piperidine rings is 1. The normalized spacial score (nSPS) is 30.8. The summed E-state index contributed by atoms with van der Waals surface area (Å²) in [5, 5.41) is 13.1. The predicted octanol–water partition coefficient (Wildman–Crippen LogP) is 1.33. The lowest BCUT2D eigenvalue weighted by molar-refractivity contribution is 0.178. The Labute approximate surface area is 107 Å². The van der Waals surface area contributed by atoms with E-state index < -0.39 is 0 Å². The number of aliphatic hydroxyl groups is 1. The summed E-state index contributed by atoms with van der Waals surface area (Å²) in [6, 6.07) is 5.31. The van der Waals surface area contributed by atoms with Gasteiger partial charge in [0.15, 0.2) is 0 Å². The maximum absolute atomic E-state index is 13.4. The van der Waals surface area contributed by atoms with Crippen LogP contribution in [0.1, 0.15) is 17.9 Å². The van der Waals surface area contributed by atoms with Crippen molar-refractivity contribution in [2.75, 3.05) is 31.6 Å². The van der Waals surface area contributed by atoms with Gasteiger partial charge in [0, 0.05) is 37.2 Å². The summed E-state index contributed by atoms with van der Waals surface area (Å²) in [5.74, 6) is 0.325. The molecule has 3 rings (SSSR count). The molecule has 2 heterocycles. The standard InChI is InChI=1S/C14H19FN2O/c1-17-13-4-5-16-7-11(13)12(8-18)10-3-2-9(15)6-14(10)17/h2-3,6,11-13,16,18H,4-5,7-8H2,1H3. The van der Waals surface area contributed by atoms with Crippen LogP contribution in [0.5, 0.6) is 0 Å². The number of benzene rings is 1. The highest BCUT2D eigenvalue weighted by Crippen LogP contribution is 2.43. The average molecular weight is 250 g/mol. The first kappa shape index (κ1) is 11.9. The first-order valence-electron chi connectivity index (χ1n) is 6.56. The van der Waals surface area contributed by atoms with E-state index in [4.69, 9.17) is 0 Å². The van der Waals surface area contributed by atoms with Crippen molar-refractivity contribution in [3.63, 3.8) is 0 Å². The van der Waals surface area contributed by atoms with Crippen LogP contribution in [0.3, 0.4) is 0 Å². The van der Waals surface area contributed by atoms with Crippen LogP contribution in [0.4, 0.5) is 10.1 Å². The van der Waals surface area contributed by atoms with Crippen LogP contribution >= 0.6 is 0 Å². The molecular formula is C14H19FN2O. The molecule has 2 aliphatic heterocycles. The lowest BCUT2D eigenvalue weighted by atomic mass is 9.74. The van der Waals surface area contributed by atoms with Gasteiger partial charge in [-0.25, -0.2) is 4.39 Å². The van der Waals surface area contributed by atoms with Crippen molar-refractivity contribution in [1.82, 2.24) is 5.32 Å². The molecule has 0 aliphatic carbocycles. The van der Waals surface area contributed by atoms with Crippen molar-refractivity contribution in [1.29, 1.82) is 0 Å². The summed E-state index contributed by atoms with van der Waals surface area (Å²) in [5.41, 5.74) is 2.02. The molecule has 0 amide bonds. The molecule has 3 unspecified atom stereocenters. The van der Waals surface area contributed by atoms with E-state index >= 15 is 0 Å². The van der Waals surface area contributed by atoms with Gasteiger partial charge in [0.1, 0.15) is 5.82 Å². The number of rotatable bonds is 1. The molecule has 0 aromatic heterocycles. The molecule has 3 atom stereocenters. The minimum Gasteiger partial charge on any atom is -0.396 e. The van der Waals surface area contributed by atoms with Crippen LogP contribution in [0.25, 0.3) is 0 Å². The largest absolute Gasteiger partial charge is 0.396 e. The van der Waals surface area contributed by atoms with Gasteiger partial charge in [-0.05, 0) is 30.7 Å². The van der Waals surface area contributed by atoms with Gasteiger partial charge in [0.2, 0.25) is 0 Å². The Hall–Kier alpha value is -1.13. The van der Waals surface area contributed by atoms with E-state index in [1.165, 1.54) is 6.07 Å². The maximum Gasteiger partial charge on any atom is 0.125 e. The summed E-state index contributed by atoms with van der Waals surface area (Å²) in [6.07, 6.45) is 1.05. The van der Waals surface area contributed by atoms with Crippen molar-refractivity contribution in [2.45, 2.75) is 18.4 Å². The molecule has 1 saturated heterocycles. The van der Waals surface area contributed by atoms with Crippen molar-refractivity contribution in [2.24, 2.45) is 5.92 Å². The zero-order valence-corrected chi connectivity index (χ0v) is 10.6. The Balaban J connectivity index is 2.08. The number of halogens is 1. The van der Waals surface area contributed by atoms with Crippen molar-refractivity contribution in [3.05, 3.63) is 29.6 Å². The van der Waals surface area contributed by atoms with Gasteiger partial charge in [-0.3, -0.25) is 0 Å². The molecule has 0 radical (unpaired) electrons. The fourth-order valence-electron chi connectivity index (χ4n) is 3.54. The van der Waals surface area contributed by atoms with E-state index in [9.17, 15) is 9.50 Å². The third kappa shape index (κ3) is 1.71. The molecule has 98 valence electrons. The number of hydrogen-bond donors (Lipinski definition) is 2. The maximum atomic E-state index is 13.4. The number of nitrogens with one attached hydrogen (secondary N) is 1. The van der Waals surface area contributed by atoms with Gasteiger partial charge in [0.05, 0.1) is 6.61 Å². The van der Waals surface area contributed by atoms with Crippen LogP contribution in [0.2, 0.25) is 0 Å². The molecule has 2 aliphatic rings. The molecular weight excluding hydrogens is 231 g/mol. The van der Waals surface area contributed by atoms with Gasteiger partial charge < -0.3 is 15.3 Å². The van der Waals surface area contributed by atoms with Crippen LogP contribution in [0, 0.1) is 11.7 Å². The Morgan fingerprint density at radius 1 is 1.50 bits per heavy atom. The lowest BCUT2D eigenvalue weighted by Crippen LogP contribution is -2.54. The van der Waals surface area contributed by atoms with E-state index in [0.717, 1.165) is 30.8 Å². The number of fused-ring (bicyclic) bond motifs is 2. The second-order valence-electron chi connectivity index (χ2n) is 5.33. The van der Waals surface area contributed by atoms with E-state index in [-0.39, 0.29) is 18.3 Å². The zero-order valence-electron chi connectivity index (χ0n) is 10.6. The molecule has 1 aromatic rings. The van der Waals surface area contributed by atoms with E-state index in [2.05, 4.69) is 10.2 Å². The Morgan fingerprint density at radius 2 is 2.33 bits per heavy atom. The molecule has 1 fully saturated rings. The molecule has 0 bridgehead atoms. The summed E-state index contributed by atoms with van der Waals surface area (Å²) < 4.78 is 13.4. The smallest absolute Gasteiger partial charge is 0.125 e. The fourth-order valence-corrected chi connectivity index (χ4v) is 3.54. The van der Waals surface area contributed by atoms with Crippen LogP contribution < -0.4 is 10.2 Å². The molecule has 18 heavy (non-hydrogen) atoms.